The molecule has 0 aliphatic carbocycles. The Balaban J connectivity index is 1.74. The second-order valence-corrected chi connectivity index (χ2v) is 5.01. The molecule has 2 bridgehead atoms. The lowest BCUT2D eigenvalue weighted by atomic mass is 9.95. The summed E-state index contributed by atoms with van der Waals surface area (Å²) in [5.41, 5.74) is 7.77. The maximum absolute atomic E-state index is 6.12. The maximum atomic E-state index is 6.12. The van der Waals surface area contributed by atoms with Crippen molar-refractivity contribution >= 4 is 11.4 Å². The first-order chi connectivity index (χ1) is 8.78. The SMILES string of the molecule is CCOc1cccc(NC2CC3CCC2O3)c1N. The van der Waals surface area contributed by atoms with Gasteiger partial charge in [0.15, 0.2) is 0 Å². The Hall–Kier alpha value is -1.42. The molecule has 4 nitrogen and oxygen atoms in total. The van der Waals surface area contributed by atoms with Crippen LogP contribution in [0.3, 0.4) is 0 Å². The van der Waals surface area contributed by atoms with Crippen LogP contribution in [0, 0.1) is 0 Å². The van der Waals surface area contributed by atoms with E-state index in [0.717, 1.165) is 24.3 Å². The fourth-order valence-corrected chi connectivity index (χ4v) is 2.94. The molecule has 2 aliphatic heterocycles. The van der Waals surface area contributed by atoms with E-state index in [4.69, 9.17) is 15.2 Å². The Morgan fingerprint density at radius 2 is 2.33 bits per heavy atom. The van der Waals surface area contributed by atoms with Gasteiger partial charge in [0.2, 0.25) is 0 Å². The van der Waals surface area contributed by atoms with Crippen LogP contribution in [0.2, 0.25) is 0 Å². The highest BCUT2D eigenvalue weighted by Gasteiger charge is 2.40. The second kappa shape index (κ2) is 4.69. The first-order valence-electron chi connectivity index (χ1n) is 6.71. The van der Waals surface area contributed by atoms with E-state index in [1.807, 2.05) is 25.1 Å². The van der Waals surface area contributed by atoms with Crippen LogP contribution >= 0.6 is 0 Å². The van der Waals surface area contributed by atoms with Gasteiger partial charge in [-0.05, 0) is 38.3 Å². The molecule has 3 N–H and O–H groups in total. The first-order valence-corrected chi connectivity index (χ1v) is 6.71. The lowest BCUT2D eigenvalue weighted by Gasteiger charge is -2.22. The van der Waals surface area contributed by atoms with E-state index in [1.54, 1.807) is 0 Å². The molecule has 1 aromatic rings. The summed E-state index contributed by atoms with van der Waals surface area (Å²) in [6.45, 7) is 2.59. The Bertz CT molecular complexity index is 436. The third kappa shape index (κ3) is 2.01. The standard InChI is InChI=1S/C14H20N2O2/c1-2-17-13-5-3-4-10(14(13)15)16-11-8-9-6-7-12(11)18-9/h3-5,9,11-12,16H,2,6-8,15H2,1H3. The summed E-state index contributed by atoms with van der Waals surface area (Å²) in [6.07, 6.45) is 4.25. The molecular weight excluding hydrogens is 228 g/mol. The van der Waals surface area contributed by atoms with Gasteiger partial charge in [-0.1, -0.05) is 6.07 Å². The van der Waals surface area contributed by atoms with Crippen LogP contribution in [0.4, 0.5) is 11.4 Å². The molecular formula is C14H20N2O2. The zero-order chi connectivity index (χ0) is 12.5. The predicted octanol–water partition coefficient (Wildman–Crippen LogP) is 2.40. The van der Waals surface area contributed by atoms with Crippen LogP contribution in [0.25, 0.3) is 0 Å². The van der Waals surface area contributed by atoms with Gasteiger partial charge in [-0.25, -0.2) is 0 Å². The van der Waals surface area contributed by atoms with Crippen molar-refractivity contribution in [1.29, 1.82) is 0 Å². The number of hydrogen-bond acceptors (Lipinski definition) is 4. The monoisotopic (exact) mass is 248 g/mol. The van der Waals surface area contributed by atoms with E-state index < -0.39 is 0 Å². The van der Waals surface area contributed by atoms with E-state index in [1.165, 1.54) is 6.42 Å². The zero-order valence-corrected chi connectivity index (χ0v) is 10.7. The molecule has 3 unspecified atom stereocenters. The van der Waals surface area contributed by atoms with Crippen molar-refractivity contribution in [3.05, 3.63) is 18.2 Å². The van der Waals surface area contributed by atoms with Crippen molar-refractivity contribution < 1.29 is 9.47 Å². The Morgan fingerprint density at radius 3 is 3.00 bits per heavy atom. The van der Waals surface area contributed by atoms with Crippen molar-refractivity contribution in [1.82, 2.24) is 0 Å². The highest BCUT2D eigenvalue weighted by molar-refractivity contribution is 5.73. The lowest BCUT2D eigenvalue weighted by molar-refractivity contribution is 0.102. The topological polar surface area (TPSA) is 56.5 Å². The van der Waals surface area contributed by atoms with Crippen LogP contribution in [-0.4, -0.2) is 24.9 Å². The van der Waals surface area contributed by atoms with Crippen LogP contribution in [0.5, 0.6) is 5.75 Å². The van der Waals surface area contributed by atoms with Crippen LogP contribution in [0.1, 0.15) is 26.2 Å². The number of hydrogen-bond donors (Lipinski definition) is 2. The highest BCUT2D eigenvalue weighted by atomic mass is 16.5. The van der Waals surface area contributed by atoms with Crippen LogP contribution in [0.15, 0.2) is 18.2 Å². The van der Waals surface area contributed by atoms with E-state index in [9.17, 15) is 0 Å². The summed E-state index contributed by atoms with van der Waals surface area (Å²) < 4.78 is 11.3. The predicted molar refractivity (Wildman–Crippen MR) is 71.9 cm³/mol. The van der Waals surface area contributed by atoms with Gasteiger partial charge in [-0.15, -0.1) is 0 Å². The lowest BCUT2D eigenvalue weighted by Crippen LogP contribution is -2.30. The number of para-hydroxylation sites is 1. The summed E-state index contributed by atoms with van der Waals surface area (Å²) in [5, 5.41) is 3.51. The molecule has 2 aliphatic rings. The third-order valence-corrected chi connectivity index (χ3v) is 3.81. The number of rotatable bonds is 4. The quantitative estimate of drug-likeness (QED) is 0.803. The molecule has 2 heterocycles. The molecule has 4 heteroatoms. The van der Waals surface area contributed by atoms with Gasteiger partial charge in [0.25, 0.3) is 0 Å². The minimum absolute atomic E-state index is 0.352. The smallest absolute Gasteiger partial charge is 0.144 e. The number of nitrogens with one attached hydrogen (secondary N) is 1. The summed E-state index contributed by atoms with van der Waals surface area (Å²) >= 11 is 0. The van der Waals surface area contributed by atoms with Crippen molar-refractivity contribution in [2.75, 3.05) is 17.7 Å². The number of ether oxygens (including phenoxy) is 2. The number of fused-ring (bicyclic) bond motifs is 2. The molecule has 18 heavy (non-hydrogen) atoms. The zero-order valence-electron chi connectivity index (χ0n) is 10.7. The molecule has 0 aromatic heterocycles. The first kappa shape index (κ1) is 11.7. The minimum Gasteiger partial charge on any atom is -0.492 e. The molecule has 3 atom stereocenters. The average Bonchev–Trinajstić information content (AvgIpc) is 2.96. The van der Waals surface area contributed by atoms with Gasteiger partial charge >= 0.3 is 0 Å². The van der Waals surface area contributed by atoms with Gasteiger partial charge in [0.05, 0.1) is 36.2 Å². The molecule has 98 valence electrons. The summed E-state index contributed by atoms with van der Waals surface area (Å²) in [4.78, 5) is 0. The summed E-state index contributed by atoms with van der Waals surface area (Å²) in [5.74, 6) is 0.756. The Morgan fingerprint density at radius 1 is 1.44 bits per heavy atom. The summed E-state index contributed by atoms with van der Waals surface area (Å²) in [6, 6.07) is 6.27. The fourth-order valence-electron chi connectivity index (χ4n) is 2.94. The van der Waals surface area contributed by atoms with Gasteiger partial charge in [0, 0.05) is 0 Å². The molecule has 2 saturated heterocycles. The fraction of sp³-hybridized carbons (Fsp3) is 0.571. The molecule has 3 rings (SSSR count). The van der Waals surface area contributed by atoms with E-state index >= 15 is 0 Å². The van der Waals surface area contributed by atoms with E-state index in [2.05, 4.69) is 5.32 Å². The Labute approximate surface area is 107 Å². The number of nitrogen functional groups attached to an aromatic ring is 1. The van der Waals surface area contributed by atoms with Gasteiger partial charge < -0.3 is 20.5 Å². The minimum atomic E-state index is 0.352. The van der Waals surface area contributed by atoms with Crippen LogP contribution < -0.4 is 15.8 Å². The largest absolute Gasteiger partial charge is 0.492 e. The van der Waals surface area contributed by atoms with Crippen molar-refractivity contribution in [3.8, 4) is 5.75 Å². The van der Waals surface area contributed by atoms with Crippen molar-refractivity contribution in [3.63, 3.8) is 0 Å². The Kier molecular flexibility index (Phi) is 3.04. The second-order valence-electron chi connectivity index (χ2n) is 5.01. The molecule has 0 amide bonds. The number of nitrogens with two attached hydrogens (primary N) is 1. The van der Waals surface area contributed by atoms with E-state index in [-0.39, 0.29) is 0 Å². The van der Waals surface area contributed by atoms with Gasteiger partial charge in [-0.2, -0.15) is 0 Å². The average molecular weight is 248 g/mol. The molecule has 0 spiro atoms. The van der Waals surface area contributed by atoms with Gasteiger partial charge in [-0.3, -0.25) is 0 Å². The van der Waals surface area contributed by atoms with Crippen molar-refractivity contribution in [2.24, 2.45) is 0 Å². The number of anilines is 2. The van der Waals surface area contributed by atoms with Crippen LogP contribution in [-0.2, 0) is 4.74 Å². The summed E-state index contributed by atoms with van der Waals surface area (Å²) in [7, 11) is 0. The van der Waals surface area contributed by atoms with Gasteiger partial charge in [0.1, 0.15) is 5.75 Å². The van der Waals surface area contributed by atoms with Crippen molar-refractivity contribution in [2.45, 2.75) is 44.4 Å². The normalized spacial score (nSPS) is 29.5. The highest BCUT2D eigenvalue weighted by Crippen LogP contribution is 2.38. The third-order valence-electron chi connectivity index (χ3n) is 3.81. The maximum Gasteiger partial charge on any atom is 0.144 e. The van der Waals surface area contributed by atoms with E-state index in [0.29, 0.717) is 30.5 Å². The molecule has 1 aromatic carbocycles. The molecule has 0 saturated carbocycles. The number of benzene rings is 1. The molecule has 0 radical (unpaired) electrons. The molecule has 2 fully saturated rings.